The van der Waals surface area contributed by atoms with E-state index in [-0.39, 0.29) is 12.0 Å². The third-order valence-electron chi connectivity index (χ3n) is 8.38. The molecule has 196 valence electrons. The zero-order valence-electron chi connectivity index (χ0n) is 21.5. The fourth-order valence-corrected chi connectivity index (χ4v) is 6.13. The van der Waals surface area contributed by atoms with E-state index in [2.05, 4.69) is 12.0 Å². The molecule has 0 radical (unpaired) electrons. The van der Waals surface area contributed by atoms with Gasteiger partial charge in [-0.3, -0.25) is 9.59 Å². The fraction of sp³-hybridized carbons (Fsp3) is 0.281. The predicted octanol–water partition coefficient (Wildman–Crippen LogP) is 3.33. The van der Waals surface area contributed by atoms with Crippen LogP contribution in [0.15, 0.2) is 84.9 Å². The quantitative estimate of drug-likeness (QED) is 0.241. The Morgan fingerprint density at radius 1 is 0.872 bits per heavy atom. The molecule has 3 saturated heterocycles. The number of benzene rings is 3. The number of carbonyl (C=O) groups is 3. The summed E-state index contributed by atoms with van der Waals surface area (Å²) in [5.41, 5.74) is -0.265. The summed E-state index contributed by atoms with van der Waals surface area (Å²) in [6.07, 6.45) is 1.39. The van der Waals surface area contributed by atoms with Crippen molar-refractivity contribution in [2.24, 2.45) is 5.92 Å². The molecule has 2 bridgehead atoms. The van der Waals surface area contributed by atoms with Crippen LogP contribution in [0, 0.1) is 17.9 Å². The number of rotatable bonds is 5. The molecule has 39 heavy (non-hydrogen) atoms. The van der Waals surface area contributed by atoms with Gasteiger partial charge in [0.05, 0.1) is 24.2 Å². The molecule has 7 rings (SSSR count). The minimum Gasteiger partial charge on any atom is -0.453 e. The normalized spacial score (nSPS) is 23.7. The molecule has 0 saturated carbocycles. The van der Waals surface area contributed by atoms with E-state index in [1.54, 1.807) is 72.8 Å². The number of hydrogen-bond donors (Lipinski definition) is 1. The second-order valence-electron chi connectivity index (χ2n) is 10.6. The van der Waals surface area contributed by atoms with Crippen molar-refractivity contribution < 1.29 is 28.7 Å². The second-order valence-corrected chi connectivity index (χ2v) is 10.6. The molecule has 2 amide bonds. The number of hydrogen-bond acceptors (Lipinski definition) is 5. The Balaban J connectivity index is 1.20. The molecule has 7 nitrogen and oxygen atoms in total. The minimum atomic E-state index is -1.93. The summed E-state index contributed by atoms with van der Waals surface area (Å²) >= 11 is 0. The van der Waals surface area contributed by atoms with Crippen molar-refractivity contribution in [2.75, 3.05) is 26.2 Å². The van der Waals surface area contributed by atoms with Gasteiger partial charge in [0, 0.05) is 24.8 Å². The molecule has 3 aromatic rings. The monoisotopic (exact) mass is 521 g/mol. The van der Waals surface area contributed by atoms with Crippen LogP contribution in [0.5, 0.6) is 0 Å². The zero-order chi connectivity index (χ0) is 27.0. The summed E-state index contributed by atoms with van der Waals surface area (Å²) in [6.45, 7) is 2.79. The molecular weight excluding hydrogens is 492 g/mol. The van der Waals surface area contributed by atoms with E-state index in [9.17, 15) is 19.5 Å². The molecule has 0 aromatic heterocycles. The van der Waals surface area contributed by atoms with Gasteiger partial charge in [0.25, 0.3) is 11.8 Å². The first-order valence-electron chi connectivity index (χ1n) is 13.3. The maximum absolute atomic E-state index is 13.7. The van der Waals surface area contributed by atoms with Crippen LogP contribution in [-0.4, -0.2) is 64.6 Å². The number of esters is 1. The number of quaternary nitrogens is 1. The van der Waals surface area contributed by atoms with E-state index in [0.717, 1.165) is 30.8 Å². The van der Waals surface area contributed by atoms with Crippen molar-refractivity contribution >= 4 is 17.8 Å². The molecule has 0 spiro atoms. The fourth-order valence-electron chi connectivity index (χ4n) is 6.13. The molecule has 4 aliphatic rings. The van der Waals surface area contributed by atoms with Gasteiger partial charge in [0.1, 0.15) is 13.1 Å². The van der Waals surface area contributed by atoms with Gasteiger partial charge in [0.15, 0.2) is 6.10 Å². The Morgan fingerprint density at radius 3 is 1.92 bits per heavy atom. The molecule has 0 unspecified atom stereocenters. The van der Waals surface area contributed by atoms with Crippen LogP contribution in [-0.2, 0) is 15.1 Å². The number of carbonyl (C=O) groups excluding carboxylic acids is 3. The Kier molecular flexibility index (Phi) is 6.30. The lowest BCUT2D eigenvalue weighted by Gasteiger charge is -2.51. The average molecular weight is 522 g/mol. The molecular formula is C32H29N2O5+. The van der Waals surface area contributed by atoms with Gasteiger partial charge in [-0.2, -0.15) is 4.90 Å². The van der Waals surface area contributed by atoms with Crippen LogP contribution < -0.4 is 0 Å². The number of amides is 2. The van der Waals surface area contributed by atoms with Gasteiger partial charge in [-0.25, -0.2) is 4.79 Å². The molecule has 3 fully saturated rings. The van der Waals surface area contributed by atoms with Crippen LogP contribution >= 0.6 is 0 Å². The van der Waals surface area contributed by atoms with Crippen LogP contribution in [0.2, 0.25) is 0 Å². The molecule has 0 aliphatic carbocycles. The summed E-state index contributed by atoms with van der Waals surface area (Å²) in [5, 5.41) is 11.8. The lowest BCUT2D eigenvalue weighted by Crippen LogP contribution is -2.65. The Morgan fingerprint density at radius 2 is 1.38 bits per heavy atom. The van der Waals surface area contributed by atoms with E-state index in [4.69, 9.17) is 4.74 Å². The van der Waals surface area contributed by atoms with Gasteiger partial charge < -0.3 is 14.3 Å². The van der Waals surface area contributed by atoms with Gasteiger partial charge in [0.2, 0.25) is 5.60 Å². The van der Waals surface area contributed by atoms with E-state index < -0.39 is 23.4 Å². The third kappa shape index (κ3) is 4.32. The van der Waals surface area contributed by atoms with E-state index in [1.165, 1.54) is 0 Å². The number of fused-ring (bicyclic) bond motifs is 4. The van der Waals surface area contributed by atoms with Gasteiger partial charge in [-0.15, -0.1) is 0 Å². The van der Waals surface area contributed by atoms with Crippen LogP contribution in [0.1, 0.15) is 44.7 Å². The van der Waals surface area contributed by atoms with Crippen molar-refractivity contribution in [3.8, 4) is 12.0 Å². The van der Waals surface area contributed by atoms with Crippen LogP contribution in [0.4, 0.5) is 0 Å². The molecule has 1 atom stereocenters. The summed E-state index contributed by atoms with van der Waals surface area (Å²) in [4.78, 5) is 40.0. The molecule has 3 aromatic carbocycles. The first kappa shape index (κ1) is 25.1. The van der Waals surface area contributed by atoms with Crippen molar-refractivity contribution in [3.63, 3.8) is 0 Å². The molecule has 7 heteroatoms. The van der Waals surface area contributed by atoms with Crippen LogP contribution in [0.25, 0.3) is 0 Å². The zero-order valence-corrected chi connectivity index (χ0v) is 21.5. The largest absolute Gasteiger partial charge is 0.453 e. The first-order chi connectivity index (χ1) is 18.9. The number of piperidine rings is 3. The highest BCUT2D eigenvalue weighted by atomic mass is 16.6. The van der Waals surface area contributed by atoms with E-state index in [1.807, 2.05) is 12.1 Å². The van der Waals surface area contributed by atoms with Gasteiger partial charge in [-0.05, 0) is 29.2 Å². The van der Waals surface area contributed by atoms with Crippen LogP contribution in [0.3, 0.4) is 0 Å². The number of ether oxygens (including phenoxy) is 1. The van der Waals surface area contributed by atoms with Crippen molar-refractivity contribution in [1.82, 2.24) is 4.90 Å². The molecule has 4 aliphatic heterocycles. The predicted molar refractivity (Wildman–Crippen MR) is 143 cm³/mol. The minimum absolute atomic E-state index is 0.217. The highest BCUT2D eigenvalue weighted by molar-refractivity contribution is 6.22. The number of nitrogens with zero attached hydrogens (tertiary/aromatic N) is 2. The molecule has 4 heterocycles. The lowest BCUT2D eigenvalue weighted by molar-refractivity contribution is -0.939. The Hall–Kier alpha value is -4.25. The smallest absolute Gasteiger partial charge is 0.348 e. The average Bonchev–Trinajstić information content (AvgIpc) is 3.23. The highest BCUT2D eigenvalue weighted by Gasteiger charge is 2.50. The SMILES string of the molecule is O=C1c2ccccc2C(=O)N1C#CC[N+]12CCC(CC1)[C@@H](OC(=O)C(O)(c1ccccc1)c1ccccc1)C2. The Labute approximate surface area is 227 Å². The lowest BCUT2D eigenvalue weighted by atomic mass is 9.82. The summed E-state index contributed by atoms with van der Waals surface area (Å²) in [6, 6.07) is 27.3. The number of aliphatic hydroxyl groups is 1. The van der Waals surface area contributed by atoms with Gasteiger partial charge >= 0.3 is 5.97 Å². The third-order valence-corrected chi connectivity index (χ3v) is 8.38. The second kappa shape index (κ2) is 9.81. The summed E-state index contributed by atoms with van der Waals surface area (Å²) in [5.74, 6) is 1.82. The van der Waals surface area contributed by atoms with Crippen molar-refractivity contribution in [2.45, 2.75) is 24.5 Å². The topological polar surface area (TPSA) is 83.9 Å². The summed E-state index contributed by atoms with van der Waals surface area (Å²) in [7, 11) is 0. The maximum Gasteiger partial charge on any atom is 0.348 e. The number of imide groups is 1. The summed E-state index contributed by atoms with van der Waals surface area (Å²) < 4.78 is 6.73. The van der Waals surface area contributed by atoms with Crippen molar-refractivity contribution in [3.05, 3.63) is 107 Å². The Bertz CT molecular complexity index is 1410. The van der Waals surface area contributed by atoms with E-state index in [0.29, 0.717) is 39.8 Å². The van der Waals surface area contributed by atoms with Crippen molar-refractivity contribution in [1.29, 1.82) is 0 Å². The highest BCUT2D eigenvalue weighted by Crippen LogP contribution is 2.38. The molecule has 1 N–H and O–H groups in total. The van der Waals surface area contributed by atoms with E-state index >= 15 is 0 Å². The maximum atomic E-state index is 13.7. The van der Waals surface area contributed by atoms with Gasteiger partial charge in [-0.1, -0.05) is 72.8 Å². The standard InChI is InChI=1S/C32H29N2O5/c35-29-26-14-7-8-15-27(26)30(36)33(29)18-9-19-34-20-16-23(17-21-34)28(22-34)39-31(37)32(38,24-10-3-1-4-11-24)25-12-5-2-6-13-25/h1-8,10-15,23,28,38H,16-17,19-22H2/q+1/t23?,28-,34?/m0/s1. The first-order valence-corrected chi connectivity index (χ1v) is 13.3.